The molecule has 1 aliphatic rings. The van der Waals surface area contributed by atoms with Crippen LogP contribution in [0.25, 0.3) is 10.9 Å². The maximum Gasteiger partial charge on any atom is 0.153 e. The van der Waals surface area contributed by atoms with Gasteiger partial charge in [0, 0.05) is 36.9 Å². The van der Waals surface area contributed by atoms with Gasteiger partial charge in [0.2, 0.25) is 0 Å². The van der Waals surface area contributed by atoms with E-state index in [9.17, 15) is 0 Å². The van der Waals surface area contributed by atoms with Crippen LogP contribution >= 0.6 is 0 Å². The van der Waals surface area contributed by atoms with E-state index in [1.807, 2.05) is 6.20 Å². The van der Waals surface area contributed by atoms with Crippen LogP contribution in [0, 0.1) is 26.7 Å². The molecular weight excluding hydrogens is 390 g/mol. The van der Waals surface area contributed by atoms with Gasteiger partial charge in [0.25, 0.3) is 0 Å². The number of piperidine rings is 1. The summed E-state index contributed by atoms with van der Waals surface area (Å²) in [5.41, 5.74) is 8.12. The van der Waals surface area contributed by atoms with Gasteiger partial charge in [-0.2, -0.15) is 0 Å². The molecule has 1 saturated heterocycles. The zero-order chi connectivity index (χ0) is 22.1. The molecule has 0 saturated carbocycles. The predicted octanol–water partition coefficient (Wildman–Crippen LogP) is 6.47. The van der Waals surface area contributed by atoms with Gasteiger partial charge in [-0.3, -0.25) is 0 Å². The van der Waals surface area contributed by atoms with Gasteiger partial charge >= 0.3 is 0 Å². The first kappa shape index (κ1) is 20.8. The highest BCUT2D eigenvalue weighted by Crippen LogP contribution is 2.34. The van der Waals surface area contributed by atoms with E-state index in [-0.39, 0.29) is 0 Å². The Kier molecular flexibility index (Phi) is 5.73. The Morgan fingerprint density at radius 3 is 2.28 bits per heavy atom. The molecule has 5 rings (SSSR count). The fraction of sp³-hybridized carbons (Fsp3) is 0.345. The smallest absolute Gasteiger partial charge is 0.153 e. The molecule has 0 atom stereocenters. The quantitative estimate of drug-likeness (QED) is 0.367. The predicted molar refractivity (Wildman–Crippen MR) is 135 cm³/mol. The largest absolute Gasteiger partial charge is 0.355 e. The normalized spacial score (nSPS) is 14.9. The molecule has 2 aromatic heterocycles. The van der Waals surface area contributed by atoms with Crippen molar-refractivity contribution in [1.82, 2.24) is 9.55 Å². The SMILES string of the molecule is Cc1ccc(Cn2c(C)c(C)c3ccnc(N4CCC(Cc5ccccc5)CC4)c32)cc1. The van der Waals surface area contributed by atoms with Crippen LogP contribution in [0.4, 0.5) is 5.82 Å². The molecule has 0 spiro atoms. The topological polar surface area (TPSA) is 21.1 Å². The molecule has 0 radical (unpaired) electrons. The van der Waals surface area contributed by atoms with E-state index in [0.717, 1.165) is 31.4 Å². The minimum atomic E-state index is 0.760. The van der Waals surface area contributed by atoms with E-state index < -0.39 is 0 Å². The number of aryl methyl sites for hydroxylation is 2. The highest BCUT2D eigenvalue weighted by atomic mass is 15.2. The molecule has 164 valence electrons. The highest BCUT2D eigenvalue weighted by molar-refractivity contribution is 5.93. The number of pyridine rings is 1. The fourth-order valence-corrected chi connectivity index (χ4v) is 5.18. The van der Waals surface area contributed by atoms with E-state index in [0.29, 0.717) is 0 Å². The van der Waals surface area contributed by atoms with E-state index in [1.165, 1.54) is 58.1 Å². The zero-order valence-electron chi connectivity index (χ0n) is 19.5. The van der Waals surface area contributed by atoms with Crippen LogP contribution in [0.3, 0.4) is 0 Å². The Morgan fingerprint density at radius 2 is 1.56 bits per heavy atom. The second kappa shape index (κ2) is 8.82. The molecule has 0 bridgehead atoms. The van der Waals surface area contributed by atoms with Gasteiger partial charge in [-0.25, -0.2) is 4.98 Å². The lowest BCUT2D eigenvalue weighted by atomic mass is 9.90. The molecule has 3 heteroatoms. The Balaban J connectivity index is 1.42. The monoisotopic (exact) mass is 423 g/mol. The van der Waals surface area contributed by atoms with Crippen molar-refractivity contribution < 1.29 is 0 Å². The molecule has 0 N–H and O–H groups in total. The minimum absolute atomic E-state index is 0.760. The van der Waals surface area contributed by atoms with E-state index in [2.05, 4.69) is 90.9 Å². The van der Waals surface area contributed by atoms with Crippen LogP contribution in [-0.2, 0) is 13.0 Å². The van der Waals surface area contributed by atoms with Crippen molar-refractivity contribution in [2.75, 3.05) is 18.0 Å². The standard InChI is InChI=1S/C29H33N3/c1-21-9-11-26(12-10-21)20-32-23(3)22(2)27-13-16-30-29(28(27)32)31-17-14-25(15-18-31)19-24-7-5-4-6-8-24/h4-13,16,25H,14-15,17-20H2,1-3H3. The molecule has 1 fully saturated rings. The van der Waals surface area contributed by atoms with E-state index in [4.69, 9.17) is 4.98 Å². The van der Waals surface area contributed by atoms with Gasteiger partial charge in [0.15, 0.2) is 5.82 Å². The lowest BCUT2D eigenvalue weighted by Gasteiger charge is -2.33. The fourth-order valence-electron chi connectivity index (χ4n) is 5.18. The Labute approximate surface area is 191 Å². The van der Waals surface area contributed by atoms with Gasteiger partial charge in [-0.05, 0) is 68.7 Å². The van der Waals surface area contributed by atoms with Crippen molar-refractivity contribution in [2.45, 2.75) is 46.6 Å². The second-order valence-corrected chi connectivity index (χ2v) is 9.43. The third kappa shape index (κ3) is 4.04. The molecule has 3 nitrogen and oxygen atoms in total. The van der Waals surface area contributed by atoms with Crippen LogP contribution in [0.1, 0.15) is 40.8 Å². The summed E-state index contributed by atoms with van der Waals surface area (Å²) >= 11 is 0. The molecule has 4 aromatic rings. The number of aromatic nitrogens is 2. The average Bonchev–Trinajstić information content (AvgIpc) is 3.07. The van der Waals surface area contributed by atoms with Crippen molar-refractivity contribution in [3.05, 3.63) is 94.8 Å². The third-order valence-electron chi connectivity index (χ3n) is 7.27. The maximum absolute atomic E-state index is 4.92. The molecule has 1 aliphatic heterocycles. The number of hydrogen-bond acceptors (Lipinski definition) is 2. The van der Waals surface area contributed by atoms with Crippen molar-refractivity contribution >= 4 is 16.7 Å². The molecule has 2 aromatic carbocycles. The molecule has 3 heterocycles. The summed E-state index contributed by atoms with van der Waals surface area (Å²) in [7, 11) is 0. The average molecular weight is 424 g/mol. The molecule has 32 heavy (non-hydrogen) atoms. The first-order chi connectivity index (χ1) is 15.6. The second-order valence-electron chi connectivity index (χ2n) is 9.43. The van der Waals surface area contributed by atoms with Gasteiger partial charge in [-0.15, -0.1) is 0 Å². The number of anilines is 1. The number of hydrogen-bond donors (Lipinski definition) is 0. The Morgan fingerprint density at radius 1 is 0.844 bits per heavy atom. The van der Waals surface area contributed by atoms with Crippen molar-refractivity contribution in [1.29, 1.82) is 0 Å². The zero-order valence-corrected chi connectivity index (χ0v) is 19.5. The summed E-state index contributed by atoms with van der Waals surface area (Å²) in [5, 5.41) is 1.34. The first-order valence-electron chi connectivity index (χ1n) is 11.9. The van der Waals surface area contributed by atoms with Crippen LogP contribution < -0.4 is 4.90 Å². The molecular formula is C29H33N3. The van der Waals surface area contributed by atoms with Crippen LogP contribution in [0.5, 0.6) is 0 Å². The van der Waals surface area contributed by atoms with Gasteiger partial charge in [0.05, 0.1) is 5.52 Å². The van der Waals surface area contributed by atoms with Crippen molar-refractivity contribution in [2.24, 2.45) is 5.92 Å². The number of nitrogens with zero attached hydrogens (tertiary/aromatic N) is 3. The summed E-state index contributed by atoms with van der Waals surface area (Å²) in [5.74, 6) is 1.92. The minimum Gasteiger partial charge on any atom is -0.355 e. The van der Waals surface area contributed by atoms with E-state index in [1.54, 1.807) is 0 Å². The lowest BCUT2D eigenvalue weighted by Crippen LogP contribution is -2.35. The van der Waals surface area contributed by atoms with Gasteiger partial charge in [0.1, 0.15) is 0 Å². The Hall–Kier alpha value is -3.07. The van der Waals surface area contributed by atoms with Gasteiger partial charge in [-0.1, -0.05) is 60.2 Å². The summed E-state index contributed by atoms with van der Waals surface area (Å²) in [6, 6.07) is 22.0. The summed E-state index contributed by atoms with van der Waals surface area (Å²) in [4.78, 5) is 7.44. The van der Waals surface area contributed by atoms with Crippen LogP contribution in [0.15, 0.2) is 66.9 Å². The number of fused-ring (bicyclic) bond motifs is 1. The molecule has 0 unspecified atom stereocenters. The van der Waals surface area contributed by atoms with Crippen LogP contribution in [-0.4, -0.2) is 22.6 Å². The van der Waals surface area contributed by atoms with E-state index >= 15 is 0 Å². The van der Waals surface area contributed by atoms with Gasteiger partial charge < -0.3 is 9.47 Å². The Bertz CT molecular complexity index is 1200. The highest BCUT2D eigenvalue weighted by Gasteiger charge is 2.24. The molecule has 0 aliphatic carbocycles. The number of rotatable bonds is 5. The summed E-state index contributed by atoms with van der Waals surface area (Å²) in [6.07, 6.45) is 5.64. The van der Waals surface area contributed by atoms with Crippen molar-refractivity contribution in [3.8, 4) is 0 Å². The third-order valence-corrected chi connectivity index (χ3v) is 7.27. The summed E-state index contributed by atoms with van der Waals surface area (Å²) < 4.78 is 2.48. The summed E-state index contributed by atoms with van der Waals surface area (Å²) in [6.45, 7) is 9.70. The maximum atomic E-state index is 4.92. The van der Waals surface area contributed by atoms with Crippen molar-refractivity contribution in [3.63, 3.8) is 0 Å². The lowest BCUT2D eigenvalue weighted by molar-refractivity contribution is 0.402. The van der Waals surface area contributed by atoms with Crippen LogP contribution in [0.2, 0.25) is 0 Å². The molecule has 0 amide bonds. The number of benzene rings is 2. The first-order valence-corrected chi connectivity index (χ1v) is 11.9.